The molecule has 1 N–H and O–H groups in total. The van der Waals surface area contributed by atoms with Gasteiger partial charge in [0, 0.05) is 12.0 Å². The maximum atomic E-state index is 13.1. The van der Waals surface area contributed by atoms with Crippen LogP contribution in [0.2, 0.25) is 0 Å². The van der Waals surface area contributed by atoms with Gasteiger partial charge < -0.3 is 9.73 Å². The third-order valence-electron chi connectivity index (χ3n) is 3.28. The normalized spacial score (nSPS) is 13.4. The van der Waals surface area contributed by atoms with Crippen LogP contribution < -0.4 is 5.32 Å². The van der Waals surface area contributed by atoms with Crippen molar-refractivity contribution >= 4 is 0 Å². The van der Waals surface area contributed by atoms with Gasteiger partial charge in [-0.3, -0.25) is 0 Å². The number of nitrogens with one attached hydrogen (secondary N) is 1. The lowest BCUT2D eigenvalue weighted by Crippen LogP contribution is -2.22. The highest BCUT2D eigenvalue weighted by Crippen LogP contribution is 2.37. The second-order valence-electron chi connectivity index (χ2n) is 4.46. The van der Waals surface area contributed by atoms with Gasteiger partial charge in [0.1, 0.15) is 5.76 Å². The molecular weight excluding hydrogens is 267 g/mol. The van der Waals surface area contributed by atoms with Crippen molar-refractivity contribution in [3.8, 4) is 0 Å². The highest BCUT2D eigenvalue weighted by Gasteiger charge is 2.35. The van der Waals surface area contributed by atoms with Crippen LogP contribution in [-0.4, -0.2) is 7.05 Å². The Kier molecular flexibility index (Phi) is 4.18. The molecule has 0 aliphatic carbocycles. The molecule has 0 aliphatic heterocycles. The van der Waals surface area contributed by atoms with E-state index >= 15 is 0 Å². The van der Waals surface area contributed by atoms with Crippen molar-refractivity contribution in [3.63, 3.8) is 0 Å². The zero-order valence-electron chi connectivity index (χ0n) is 11.3. The number of hydrogen-bond donors (Lipinski definition) is 1. The van der Waals surface area contributed by atoms with Crippen molar-refractivity contribution in [3.05, 3.63) is 59.0 Å². The zero-order chi connectivity index (χ0) is 14.8. The third-order valence-corrected chi connectivity index (χ3v) is 3.28. The van der Waals surface area contributed by atoms with Gasteiger partial charge in [-0.15, -0.1) is 0 Å². The number of hydrogen-bond acceptors (Lipinski definition) is 2. The van der Waals surface area contributed by atoms with Crippen LogP contribution >= 0.6 is 0 Å². The van der Waals surface area contributed by atoms with E-state index < -0.39 is 17.8 Å². The molecule has 1 atom stereocenters. The van der Waals surface area contributed by atoms with Gasteiger partial charge in [-0.1, -0.05) is 25.1 Å². The Morgan fingerprint density at radius 1 is 1.15 bits per heavy atom. The van der Waals surface area contributed by atoms with Crippen LogP contribution in [0.25, 0.3) is 0 Å². The van der Waals surface area contributed by atoms with Crippen LogP contribution in [0, 0.1) is 0 Å². The Morgan fingerprint density at radius 2 is 1.85 bits per heavy atom. The van der Waals surface area contributed by atoms with E-state index in [9.17, 15) is 13.2 Å². The van der Waals surface area contributed by atoms with Crippen LogP contribution in [-0.2, 0) is 12.6 Å². The van der Waals surface area contributed by atoms with E-state index in [0.29, 0.717) is 12.2 Å². The van der Waals surface area contributed by atoms with Crippen molar-refractivity contribution in [1.82, 2.24) is 5.32 Å². The molecule has 0 saturated carbocycles. The highest BCUT2D eigenvalue weighted by molar-refractivity contribution is 5.39. The minimum Gasteiger partial charge on any atom is -0.469 e. The van der Waals surface area contributed by atoms with E-state index in [1.54, 1.807) is 19.2 Å². The number of halogens is 3. The van der Waals surface area contributed by atoms with E-state index in [2.05, 4.69) is 5.32 Å². The molecule has 5 heteroatoms. The van der Waals surface area contributed by atoms with E-state index in [-0.39, 0.29) is 5.56 Å². The van der Waals surface area contributed by atoms with Gasteiger partial charge in [0.25, 0.3) is 0 Å². The van der Waals surface area contributed by atoms with Crippen LogP contribution in [0.3, 0.4) is 0 Å². The summed E-state index contributed by atoms with van der Waals surface area (Å²) >= 11 is 0. The third kappa shape index (κ3) is 2.72. The van der Waals surface area contributed by atoms with Crippen LogP contribution in [0.1, 0.15) is 35.4 Å². The van der Waals surface area contributed by atoms with Gasteiger partial charge >= 0.3 is 6.18 Å². The predicted molar refractivity (Wildman–Crippen MR) is 70.4 cm³/mol. The summed E-state index contributed by atoms with van der Waals surface area (Å²) in [6.07, 6.45) is -2.23. The minimum absolute atomic E-state index is 0.207. The van der Waals surface area contributed by atoms with Crippen molar-refractivity contribution in [2.75, 3.05) is 7.05 Å². The summed E-state index contributed by atoms with van der Waals surface area (Å²) < 4.78 is 44.7. The topological polar surface area (TPSA) is 25.2 Å². The standard InChI is InChI=1S/C15H16F3NO/c1-3-13-11(8-9-20-13)14(19-2)10-6-4-5-7-12(10)15(16,17)18/h4-9,14,19H,3H2,1-2H3. The molecule has 2 nitrogen and oxygen atoms in total. The molecule has 0 saturated heterocycles. The molecule has 20 heavy (non-hydrogen) atoms. The van der Waals surface area contributed by atoms with E-state index in [1.165, 1.54) is 18.4 Å². The van der Waals surface area contributed by atoms with Gasteiger partial charge in [0.15, 0.2) is 0 Å². The fourth-order valence-electron chi connectivity index (χ4n) is 2.38. The first kappa shape index (κ1) is 14.7. The smallest absolute Gasteiger partial charge is 0.416 e. The molecule has 1 unspecified atom stereocenters. The minimum atomic E-state index is -4.37. The molecule has 0 aliphatic rings. The molecular formula is C15H16F3NO. The second-order valence-corrected chi connectivity index (χ2v) is 4.46. The number of aryl methyl sites for hydroxylation is 1. The molecule has 1 heterocycles. The average Bonchev–Trinajstić information content (AvgIpc) is 2.87. The molecule has 0 fully saturated rings. The first-order valence-electron chi connectivity index (χ1n) is 6.38. The number of alkyl halides is 3. The summed E-state index contributed by atoms with van der Waals surface area (Å²) in [6, 6.07) is 6.78. The Bertz CT molecular complexity index is 574. The van der Waals surface area contributed by atoms with Crippen molar-refractivity contribution < 1.29 is 17.6 Å². The molecule has 1 aromatic carbocycles. The number of furan rings is 1. The Morgan fingerprint density at radius 3 is 2.45 bits per heavy atom. The summed E-state index contributed by atoms with van der Waals surface area (Å²) in [4.78, 5) is 0. The molecule has 1 aromatic heterocycles. The van der Waals surface area contributed by atoms with Gasteiger partial charge in [-0.05, 0) is 24.7 Å². The first-order chi connectivity index (χ1) is 9.49. The lowest BCUT2D eigenvalue weighted by molar-refractivity contribution is -0.138. The second kappa shape index (κ2) is 5.71. The van der Waals surface area contributed by atoms with Crippen LogP contribution in [0.4, 0.5) is 13.2 Å². The Hall–Kier alpha value is -1.75. The fraction of sp³-hybridized carbons (Fsp3) is 0.333. The lowest BCUT2D eigenvalue weighted by atomic mass is 9.94. The maximum Gasteiger partial charge on any atom is 0.416 e. The summed E-state index contributed by atoms with van der Waals surface area (Å²) in [7, 11) is 1.64. The predicted octanol–water partition coefficient (Wildman–Crippen LogP) is 4.17. The van der Waals surface area contributed by atoms with Crippen molar-refractivity contribution in [1.29, 1.82) is 0 Å². The van der Waals surface area contributed by atoms with E-state index in [1.807, 2.05) is 6.92 Å². The quantitative estimate of drug-likeness (QED) is 0.911. The Balaban J connectivity index is 2.53. The summed E-state index contributed by atoms with van der Waals surface area (Å²) in [5.74, 6) is 0.696. The van der Waals surface area contributed by atoms with Crippen molar-refractivity contribution in [2.24, 2.45) is 0 Å². The highest BCUT2D eigenvalue weighted by atomic mass is 19.4. The molecule has 0 amide bonds. The van der Waals surface area contributed by atoms with Crippen LogP contribution in [0.15, 0.2) is 41.0 Å². The molecule has 2 rings (SSSR count). The van der Waals surface area contributed by atoms with Gasteiger partial charge in [0.05, 0.1) is 17.9 Å². The monoisotopic (exact) mass is 283 g/mol. The average molecular weight is 283 g/mol. The fourth-order valence-corrected chi connectivity index (χ4v) is 2.38. The largest absolute Gasteiger partial charge is 0.469 e. The molecule has 0 bridgehead atoms. The molecule has 0 radical (unpaired) electrons. The maximum absolute atomic E-state index is 13.1. The summed E-state index contributed by atoms with van der Waals surface area (Å²) in [5.41, 5.74) is 0.327. The number of benzene rings is 1. The van der Waals surface area contributed by atoms with E-state index in [4.69, 9.17) is 4.42 Å². The lowest BCUT2D eigenvalue weighted by Gasteiger charge is -2.21. The summed E-state index contributed by atoms with van der Waals surface area (Å²) in [5, 5.41) is 2.95. The van der Waals surface area contributed by atoms with E-state index in [0.717, 1.165) is 11.6 Å². The van der Waals surface area contributed by atoms with Gasteiger partial charge in [-0.2, -0.15) is 13.2 Å². The first-order valence-corrected chi connectivity index (χ1v) is 6.38. The molecule has 108 valence electrons. The summed E-state index contributed by atoms with van der Waals surface area (Å²) in [6.45, 7) is 1.91. The van der Waals surface area contributed by atoms with Crippen molar-refractivity contribution in [2.45, 2.75) is 25.6 Å². The SMILES string of the molecule is CCc1occc1C(NC)c1ccccc1C(F)(F)F. The number of rotatable bonds is 4. The Labute approximate surface area is 115 Å². The molecule has 2 aromatic rings. The van der Waals surface area contributed by atoms with Crippen LogP contribution in [0.5, 0.6) is 0 Å². The van der Waals surface area contributed by atoms with Gasteiger partial charge in [0.2, 0.25) is 0 Å². The van der Waals surface area contributed by atoms with Gasteiger partial charge in [-0.25, -0.2) is 0 Å². The molecule has 0 spiro atoms. The zero-order valence-corrected chi connectivity index (χ0v) is 11.3.